The zero-order valence-electron chi connectivity index (χ0n) is 9.36. The number of urea groups is 1. The van der Waals surface area contributed by atoms with Crippen LogP contribution in [0.3, 0.4) is 0 Å². The summed E-state index contributed by atoms with van der Waals surface area (Å²) in [5, 5.41) is 23.1. The molecular weight excluding hydrogens is 224 g/mol. The van der Waals surface area contributed by atoms with Crippen LogP contribution in [0.1, 0.15) is 23.7 Å². The van der Waals surface area contributed by atoms with Gasteiger partial charge in [0, 0.05) is 6.54 Å². The molecule has 0 spiro atoms. The predicted molar refractivity (Wildman–Crippen MR) is 62.4 cm³/mol. The Kier molecular flexibility index (Phi) is 4.33. The van der Waals surface area contributed by atoms with Gasteiger partial charge in [-0.2, -0.15) is 0 Å². The number of carbonyl (C=O) groups excluding carboxylic acids is 1. The average molecular weight is 238 g/mol. The minimum Gasteiger partial charge on any atom is -0.506 e. The van der Waals surface area contributed by atoms with Gasteiger partial charge in [0.1, 0.15) is 5.75 Å². The Hall–Kier alpha value is -2.24. The van der Waals surface area contributed by atoms with Gasteiger partial charge in [0.05, 0.1) is 11.3 Å². The number of carboxylic acid groups (broad SMARTS) is 1. The number of aromatic carboxylic acids is 1. The fourth-order valence-corrected chi connectivity index (χ4v) is 1.17. The number of hydrogen-bond donors (Lipinski definition) is 4. The smallest absolute Gasteiger partial charge is 0.335 e. The van der Waals surface area contributed by atoms with E-state index in [0.29, 0.717) is 6.54 Å². The Morgan fingerprint density at radius 3 is 2.65 bits per heavy atom. The molecule has 0 aliphatic heterocycles. The minimum atomic E-state index is -1.12. The lowest BCUT2D eigenvalue weighted by atomic mass is 10.2. The molecule has 1 aromatic carbocycles. The monoisotopic (exact) mass is 238 g/mol. The number of phenols is 1. The van der Waals surface area contributed by atoms with Crippen LogP contribution in [-0.2, 0) is 0 Å². The second-order valence-corrected chi connectivity index (χ2v) is 3.42. The Morgan fingerprint density at radius 2 is 2.06 bits per heavy atom. The number of phenolic OH excluding ortho intramolecular Hbond substituents is 1. The number of nitrogens with one attached hydrogen (secondary N) is 2. The van der Waals surface area contributed by atoms with Crippen molar-refractivity contribution >= 4 is 17.7 Å². The molecule has 0 aromatic heterocycles. The molecule has 17 heavy (non-hydrogen) atoms. The van der Waals surface area contributed by atoms with E-state index in [1.165, 1.54) is 18.2 Å². The second kappa shape index (κ2) is 5.74. The molecule has 1 aromatic rings. The highest BCUT2D eigenvalue weighted by Gasteiger charge is 2.09. The van der Waals surface area contributed by atoms with Crippen molar-refractivity contribution in [1.82, 2.24) is 5.32 Å². The van der Waals surface area contributed by atoms with Crippen LogP contribution >= 0.6 is 0 Å². The number of anilines is 1. The van der Waals surface area contributed by atoms with Crippen LogP contribution in [0.25, 0.3) is 0 Å². The molecule has 92 valence electrons. The van der Waals surface area contributed by atoms with Crippen molar-refractivity contribution < 1.29 is 19.8 Å². The molecule has 0 saturated carbocycles. The summed E-state index contributed by atoms with van der Waals surface area (Å²) >= 11 is 0. The fourth-order valence-electron chi connectivity index (χ4n) is 1.17. The van der Waals surface area contributed by atoms with E-state index in [9.17, 15) is 14.7 Å². The molecule has 0 aliphatic carbocycles. The number of carboxylic acids is 1. The molecule has 0 unspecified atom stereocenters. The molecule has 0 bridgehead atoms. The SMILES string of the molecule is CCCNC(=O)Nc1cc(C(=O)O)ccc1O. The summed E-state index contributed by atoms with van der Waals surface area (Å²) in [6, 6.07) is 3.19. The van der Waals surface area contributed by atoms with Crippen LogP contribution in [0.15, 0.2) is 18.2 Å². The van der Waals surface area contributed by atoms with Crippen LogP contribution < -0.4 is 10.6 Å². The number of aromatic hydroxyl groups is 1. The van der Waals surface area contributed by atoms with Crippen LogP contribution in [-0.4, -0.2) is 28.8 Å². The van der Waals surface area contributed by atoms with Crippen LogP contribution in [0.4, 0.5) is 10.5 Å². The van der Waals surface area contributed by atoms with Gasteiger partial charge in [0.2, 0.25) is 0 Å². The third kappa shape index (κ3) is 3.67. The number of benzene rings is 1. The summed E-state index contributed by atoms with van der Waals surface area (Å²) < 4.78 is 0. The van der Waals surface area contributed by atoms with E-state index in [2.05, 4.69) is 10.6 Å². The van der Waals surface area contributed by atoms with Gasteiger partial charge in [0.15, 0.2) is 0 Å². The summed E-state index contributed by atoms with van der Waals surface area (Å²) in [6.45, 7) is 2.41. The topological polar surface area (TPSA) is 98.7 Å². The second-order valence-electron chi connectivity index (χ2n) is 3.42. The quantitative estimate of drug-likeness (QED) is 0.599. The van der Waals surface area contributed by atoms with E-state index in [1.54, 1.807) is 0 Å². The molecule has 0 atom stereocenters. The van der Waals surface area contributed by atoms with Crippen molar-refractivity contribution in [3.63, 3.8) is 0 Å². The van der Waals surface area contributed by atoms with Crippen molar-refractivity contribution in [2.75, 3.05) is 11.9 Å². The molecule has 0 heterocycles. The largest absolute Gasteiger partial charge is 0.506 e. The lowest BCUT2D eigenvalue weighted by Gasteiger charge is -2.08. The van der Waals surface area contributed by atoms with E-state index in [4.69, 9.17) is 5.11 Å². The molecule has 4 N–H and O–H groups in total. The van der Waals surface area contributed by atoms with Gasteiger partial charge >= 0.3 is 12.0 Å². The highest BCUT2D eigenvalue weighted by atomic mass is 16.4. The Labute approximate surface area is 98.3 Å². The number of carbonyl (C=O) groups is 2. The van der Waals surface area contributed by atoms with Gasteiger partial charge in [-0.05, 0) is 24.6 Å². The van der Waals surface area contributed by atoms with Gasteiger partial charge in [-0.25, -0.2) is 9.59 Å². The normalized spacial score (nSPS) is 9.71. The molecule has 0 fully saturated rings. The first-order chi connectivity index (χ1) is 8.04. The maximum absolute atomic E-state index is 11.3. The lowest BCUT2D eigenvalue weighted by molar-refractivity contribution is 0.0697. The van der Waals surface area contributed by atoms with Gasteiger partial charge in [-0.1, -0.05) is 6.92 Å². The first-order valence-corrected chi connectivity index (χ1v) is 5.15. The van der Waals surface area contributed by atoms with Gasteiger partial charge in [-0.15, -0.1) is 0 Å². The Morgan fingerprint density at radius 1 is 1.35 bits per heavy atom. The first-order valence-electron chi connectivity index (χ1n) is 5.15. The summed E-state index contributed by atoms with van der Waals surface area (Å²) in [4.78, 5) is 22.0. The highest BCUT2D eigenvalue weighted by Crippen LogP contribution is 2.24. The number of rotatable bonds is 4. The molecule has 6 nitrogen and oxygen atoms in total. The first kappa shape index (κ1) is 12.8. The maximum atomic E-state index is 11.3. The summed E-state index contributed by atoms with van der Waals surface area (Å²) in [5.41, 5.74) is 0.0621. The molecular formula is C11H14N2O4. The van der Waals surface area contributed by atoms with Gasteiger partial charge in [0.25, 0.3) is 0 Å². The third-order valence-electron chi connectivity index (χ3n) is 2.03. The van der Waals surface area contributed by atoms with Crippen LogP contribution in [0.5, 0.6) is 5.75 Å². The van der Waals surface area contributed by atoms with Crippen LogP contribution in [0.2, 0.25) is 0 Å². The molecule has 2 amide bonds. The summed E-state index contributed by atoms with van der Waals surface area (Å²) in [6.07, 6.45) is 0.786. The molecule has 0 aliphatic rings. The Bertz CT molecular complexity index is 431. The van der Waals surface area contributed by atoms with Gasteiger partial charge < -0.3 is 20.8 Å². The molecule has 0 saturated heterocycles. The Balaban J connectivity index is 2.79. The van der Waals surface area contributed by atoms with Crippen molar-refractivity contribution in [2.24, 2.45) is 0 Å². The van der Waals surface area contributed by atoms with E-state index >= 15 is 0 Å². The lowest BCUT2D eigenvalue weighted by Crippen LogP contribution is -2.29. The van der Waals surface area contributed by atoms with Crippen molar-refractivity contribution in [3.8, 4) is 5.75 Å². The van der Waals surface area contributed by atoms with Gasteiger partial charge in [-0.3, -0.25) is 0 Å². The zero-order chi connectivity index (χ0) is 12.8. The average Bonchev–Trinajstić information content (AvgIpc) is 2.29. The standard InChI is InChI=1S/C11H14N2O4/c1-2-5-12-11(17)13-8-6-7(10(15)16)3-4-9(8)14/h3-4,6,14H,2,5H2,1H3,(H,15,16)(H2,12,13,17). The summed E-state index contributed by atoms with van der Waals surface area (Å²) in [7, 11) is 0. The number of hydrogen-bond acceptors (Lipinski definition) is 3. The van der Waals surface area contributed by atoms with Crippen molar-refractivity contribution in [2.45, 2.75) is 13.3 Å². The molecule has 0 radical (unpaired) electrons. The molecule has 1 rings (SSSR count). The minimum absolute atomic E-state index is 0.00593. The van der Waals surface area contributed by atoms with Crippen LogP contribution in [0, 0.1) is 0 Å². The summed E-state index contributed by atoms with van der Waals surface area (Å²) in [5.74, 6) is -1.30. The maximum Gasteiger partial charge on any atom is 0.335 e. The van der Waals surface area contributed by atoms with Crippen molar-refractivity contribution in [1.29, 1.82) is 0 Å². The zero-order valence-corrected chi connectivity index (χ0v) is 9.36. The highest BCUT2D eigenvalue weighted by molar-refractivity contribution is 5.94. The fraction of sp³-hybridized carbons (Fsp3) is 0.273. The predicted octanol–water partition coefficient (Wildman–Crippen LogP) is 1.62. The third-order valence-corrected chi connectivity index (χ3v) is 2.03. The van der Waals surface area contributed by atoms with E-state index < -0.39 is 12.0 Å². The molecule has 6 heteroatoms. The van der Waals surface area contributed by atoms with Crippen molar-refractivity contribution in [3.05, 3.63) is 23.8 Å². The van der Waals surface area contributed by atoms with E-state index in [0.717, 1.165) is 6.42 Å². The number of amides is 2. The van der Waals surface area contributed by atoms with E-state index in [1.807, 2.05) is 6.92 Å². The van der Waals surface area contributed by atoms with E-state index in [-0.39, 0.29) is 17.0 Å².